The molecule has 11 rings (SSSR count). The molecule has 58 heavy (non-hydrogen) atoms. The van der Waals surface area contributed by atoms with Crippen molar-refractivity contribution in [2.24, 2.45) is 0 Å². The van der Waals surface area contributed by atoms with E-state index < -0.39 is 0 Å². The van der Waals surface area contributed by atoms with E-state index in [4.69, 9.17) is 24.9 Å². The molecule has 0 bridgehead atoms. The molecule has 5 heteroatoms. The van der Waals surface area contributed by atoms with Crippen molar-refractivity contribution < 1.29 is 0 Å². The largest absolute Gasteiger partial charge is 0.228 e. The lowest BCUT2D eigenvalue weighted by Gasteiger charge is -2.18. The summed E-state index contributed by atoms with van der Waals surface area (Å²) in [7, 11) is 0. The average Bonchev–Trinajstić information content (AvgIpc) is 3.30. The molecule has 5 nitrogen and oxygen atoms in total. The quantitative estimate of drug-likeness (QED) is 0.159. The third kappa shape index (κ3) is 5.94. The van der Waals surface area contributed by atoms with Gasteiger partial charge in [0.15, 0.2) is 23.3 Å². The highest BCUT2D eigenvalue weighted by Gasteiger charge is 2.23. The summed E-state index contributed by atoms with van der Waals surface area (Å²) in [6, 6.07) is 69.3. The summed E-state index contributed by atoms with van der Waals surface area (Å²) in [6.45, 7) is 0. The van der Waals surface area contributed by atoms with E-state index in [0.29, 0.717) is 23.3 Å². The first-order chi connectivity index (χ1) is 28.7. The topological polar surface area (TPSA) is 64.5 Å². The Balaban J connectivity index is 1.19. The van der Waals surface area contributed by atoms with Crippen LogP contribution in [0.4, 0.5) is 0 Å². The van der Waals surface area contributed by atoms with Crippen molar-refractivity contribution in [1.82, 2.24) is 24.9 Å². The van der Waals surface area contributed by atoms with Crippen molar-refractivity contribution in [1.29, 1.82) is 0 Å². The molecular weight excluding hydrogens is 707 g/mol. The first-order valence-electron chi connectivity index (χ1n) is 19.4. The van der Waals surface area contributed by atoms with Crippen LogP contribution >= 0.6 is 0 Å². The minimum Gasteiger partial charge on any atom is -0.228 e. The molecule has 9 aromatic carbocycles. The maximum atomic E-state index is 5.33. The molecule has 0 saturated heterocycles. The molecule has 0 radical (unpaired) electrons. The Bertz CT molecular complexity index is 3130. The smallest absolute Gasteiger partial charge is 0.165 e. The zero-order chi connectivity index (χ0) is 38.4. The second-order valence-corrected chi connectivity index (χ2v) is 14.5. The number of aromatic nitrogens is 5. The lowest BCUT2D eigenvalue weighted by molar-refractivity contribution is 1.08. The van der Waals surface area contributed by atoms with Gasteiger partial charge in [-0.3, -0.25) is 0 Å². The molecule has 0 fully saturated rings. The van der Waals surface area contributed by atoms with E-state index in [1.807, 2.05) is 36.4 Å². The van der Waals surface area contributed by atoms with Crippen LogP contribution in [0, 0.1) is 0 Å². The monoisotopic (exact) mass is 739 g/mol. The van der Waals surface area contributed by atoms with Crippen molar-refractivity contribution in [3.05, 3.63) is 200 Å². The fourth-order valence-electron chi connectivity index (χ4n) is 8.09. The van der Waals surface area contributed by atoms with Gasteiger partial charge >= 0.3 is 0 Å². The van der Waals surface area contributed by atoms with Crippen molar-refractivity contribution in [2.75, 3.05) is 0 Å². The lowest BCUT2D eigenvalue weighted by Crippen LogP contribution is -2.02. The predicted molar refractivity (Wildman–Crippen MR) is 238 cm³/mol. The highest BCUT2D eigenvalue weighted by molar-refractivity contribution is 6.20. The van der Waals surface area contributed by atoms with E-state index in [9.17, 15) is 0 Å². The minimum atomic E-state index is 0.601. The minimum absolute atomic E-state index is 0.601. The van der Waals surface area contributed by atoms with Crippen LogP contribution < -0.4 is 0 Å². The number of hydrogen-bond acceptors (Lipinski definition) is 5. The normalized spacial score (nSPS) is 11.4. The van der Waals surface area contributed by atoms with Crippen molar-refractivity contribution >= 4 is 43.1 Å². The van der Waals surface area contributed by atoms with Crippen LogP contribution in [-0.4, -0.2) is 24.9 Å². The number of benzene rings is 9. The highest BCUT2D eigenvalue weighted by Crippen LogP contribution is 2.43. The van der Waals surface area contributed by atoms with E-state index >= 15 is 0 Å². The van der Waals surface area contributed by atoms with Crippen LogP contribution in [0.3, 0.4) is 0 Å². The third-order valence-corrected chi connectivity index (χ3v) is 10.9. The Morgan fingerprint density at radius 1 is 0.224 bits per heavy atom. The van der Waals surface area contributed by atoms with Gasteiger partial charge in [-0.05, 0) is 61.3 Å². The molecule has 0 spiro atoms. The average molecular weight is 740 g/mol. The summed E-state index contributed by atoms with van der Waals surface area (Å²) in [5.74, 6) is 2.48. The maximum Gasteiger partial charge on any atom is 0.165 e. The van der Waals surface area contributed by atoms with Gasteiger partial charge in [0, 0.05) is 33.4 Å². The summed E-state index contributed by atoms with van der Waals surface area (Å²) < 4.78 is 0. The Kier molecular flexibility index (Phi) is 8.07. The molecule has 2 heterocycles. The van der Waals surface area contributed by atoms with Gasteiger partial charge in [-0.2, -0.15) is 0 Å². The summed E-state index contributed by atoms with van der Waals surface area (Å²) in [4.78, 5) is 26.4. The summed E-state index contributed by atoms with van der Waals surface area (Å²) in [5, 5.41) is 8.62. The van der Waals surface area contributed by atoms with Gasteiger partial charge in [-0.25, -0.2) is 24.9 Å². The number of hydrogen-bond donors (Lipinski definition) is 0. The highest BCUT2D eigenvalue weighted by atomic mass is 15.0. The molecule has 0 atom stereocenters. The maximum absolute atomic E-state index is 5.33. The molecule has 11 aromatic rings. The van der Waals surface area contributed by atoms with Gasteiger partial charge in [0.2, 0.25) is 0 Å². The van der Waals surface area contributed by atoms with Gasteiger partial charge in [-0.1, -0.05) is 182 Å². The molecular formula is C53H33N5. The Labute approximate surface area is 335 Å². The van der Waals surface area contributed by atoms with Crippen LogP contribution in [0.25, 0.3) is 111 Å². The summed E-state index contributed by atoms with van der Waals surface area (Å²) in [6.07, 6.45) is 0. The van der Waals surface area contributed by atoms with Crippen LogP contribution in [0.5, 0.6) is 0 Å². The molecule has 0 saturated carbocycles. The van der Waals surface area contributed by atoms with E-state index in [0.717, 1.165) is 87.9 Å². The van der Waals surface area contributed by atoms with Crippen molar-refractivity contribution in [3.63, 3.8) is 0 Å². The van der Waals surface area contributed by atoms with E-state index in [-0.39, 0.29) is 0 Å². The first kappa shape index (κ1) is 33.4. The zero-order valence-electron chi connectivity index (χ0n) is 31.3. The molecule has 0 aliphatic heterocycles. The molecule has 0 N–H and O–H groups in total. The van der Waals surface area contributed by atoms with Gasteiger partial charge in [0.1, 0.15) is 0 Å². The number of rotatable bonds is 6. The second kappa shape index (κ2) is 14.0. The van der Waals surface area contributed by atoms with E-state index in [1.54, 1.807) is 0 Å². The van der Waals surface area contributed by atoms with Crippen LogP contribution in [0.1, 0.15) is 0 Å². The van der Waals surface area contributed by atoms with Gasteiger partial charge in [0.05, 0.1) is 11.4 Å². The van der Waals surface area contributed by atoms with E-state index in [2.05, 4.69) is 164 Å². The SMILES string of the molecule is c1ccc(-c2cc(-c3ccccc3)nc(-c3c4ccccc4c(-c4nc(-c5ccc6ccccc6c5)nc(-c5ccc6ccccc6c5)n4)c4ccccc34)n2)cc1. The van der Waals surface area contributed by atoms with Crippen molar-refractivity contribution in [3.8, 4) is 68.1 Å². The standard InChI is InChI=1S/C53H33N5/c1-3-17-36(18-4-1)46-33-47(37-19-5-2-6-20-37)55-52(54-46)48-42-23-11-13-25-44(42)49(45-26-14-12-24-43(45)48)53-57-50(40-29-27-34-15-7-9-21-38(34)31-40)56-51(58-53)41-30-28-35-16-8-10-22-39(35)32-41/h1-33H. The molecule has 270 valence electrons. The van der Waals surface area contributed by atoms with Gasteiger partial charge in [0.25, 0.3) is 0 Å². The van der Waals surface area contributed by atoms with Crippen molar-refractivity contribution in [2.45, 2.75) is 0 Å². The molecule has 0 aliphatic carbocycles. The molecule has 0 amide bonds. The second-order valence-electron chi connectivity index (χ2n) is 14.5. The zero-order valence-corrected chi connectivity index (χ0v) is 31.3. The lowest BCUT2D eigenvalue weighted by atomic mass is 9.90. The molecule has 0 aliphatic rings. The third-order valence-electron chi connectivity index (χ3n) is 10.9. The van der Waals surface area contributed by atoms with Crippen LogP contribution in [0.15, 0.2) is 200 Å². The van der Waals surface area contributed by atoms with Gasteiger partial charge < -0.3 is 0 Å². The molecule has 0 unspecified atom stereocenters. The fourth-order valence-corrected chi connectivity index (χ4v) is 8.09. The Hall–Kier alpha value is -7.89. The summed E-state index contributed by atoms with van der Waals surface area (Å²) >= 11 is 0. The van der Waals surface area contributed by atoms with Crippen LogP contribution in [0.2, 0.25) is 0 Å². The van der Waals surface area contributed by atoms with Crippen LogP contribution in [-0.2, 0) is 0 Å². The Morgan fingerprint density at radius 2 is 0.569 bits per heavy atom. The number of nitrogens with zero attached hydrogens (tertiary/aromatic N) is 5. The first-order valence-corrected chi connectivity index (χ1v) is 19.4. The summed E-state index contributed by atoms with van der Waals surface area (Å²) in [5.41, 5.74) is 7.52. The Morgan fingerprint density at radius 3 is 1.00 bits per heavy atom. The molecule has 2 aromatic heterocycles. The fraction of sp³-hybridized carbons (Fsp3) is 0. The predicted octanol–water partition coefficient (Wildman–Crippen LogP) is 13.3. The van der Waals surface area contributed by atoms with Gasteiger partial charge in [-0.15, -0.1) is 0 Å². The van der Waals surface area contributed by atoms with E-state index in [1.165, 1.54) is 0 Å². The number of fused-ring (bicyclic) bond motifs is 4.